The zero-order chi connectivity index (χ0) is 14.7. The first-order valence-electron chi connectivity index (χ1n) is 8.13. The van der Waals surface area contributed by atoms with Gasteiger partial charge in [-0.05, 0) is 51.4 Å². The van der Waals surface area contributed by atoms with E-state index in [1.54, 1.807) is 11.3 Å². The molecule has 116 valence electrons. The molecule has 1 fully saturated rings. The number of aromatic nitrogens is 1. The molecule has 1 N–H and O–H groups in total. The Morgan fingerprint density at radius 3 is 2.86 bits per heavy atom. The normalized spacial score (nSPS) is 20.2. The number of carbonyl (C=O) groups is 1. The Labute approximate surface area is 130 Å². The minimum atomic E-state index is -0.392. The third kappa shape index (κ3) is 4.27. The predicted molar refractivity (Wildman–Crippen MR) is 84.8 cm³/mol. The lowest BCUT2D eigenvalue weighted by atomic mass is 10.0. The maximum atomic E-state index is 12.1. The molecule has 0 spiro atoms. The van der Waals surface area contributed by atoms with Gasteiger partial charge in [0.05, 0.1) is 12.3 Å². The van der Waals surface area contributed by atoms with E-state index >= 15 is 0 Å². The van der Waals surface area contributed by atoms with Crippen molar-refractivity contribution < 1.29 is 9.53 Å². The van der Waals surface area contributed by atoms with E-state index in [4.69, 9.17) is 4.74 Å². The molecule has 0 bridgehead atoms. The third-order valence-electron chi connectivity index (χ3n) is 4.22. The van der Waals surface area contributed by atoms with E-state index in [-0.39, 0.29) is 5.91 Å². The van der Waals surface area contributed by atoms with Gasteiger partial charge in [-0.3, -0.25) is 10.1 Å². The van der Waals surface area contributed by atoms with Crippen molar-refractivity contribution in [2.75, 3.05) is 11.9 Å². The first-order valence-corrected chi connectivity index (χ1v) is 8.95. The molecule has 2 aliphatic carbocycles. The Morgan fingerprint density at radius 2 is 2.10 bits per heavy atom. The molecule has 0 radical (unpaired) electrons. The number of fused-ring (bicyclic) bond motifs is 1. The summed E-state index contributed by atoms with van der Waals surface area (Å²) < 4.78 is 5.61. The van der Waals surface area contributed by atoms with Crippen LogP contribution in [0.2, 0.25) is 0 Å². The van der Waals surface area contributed by atoms with Gasteiger partial charge in [0, 0.05) is 4.88 Å². The summed E-state index contributed by atoms with van der Waals surface area (Å²) in [6.45, 7) is 2.53. The fourth-order valence-corrected chi connectivity index (χ4v) is 3.66. The van der Waals surface area contributed by atoms with Crippen LogP contribution in [0.25, 0.3) is 0 Å². The van der Waals surface area contributed by atoms with E-state index in [0.717, 1.165) is 18.0 Å². The maximum absolute atomic E-state index is 12.1. The highest BCUT2D eigenvalue weighted by molar-refractivity contribution is 7.15. The molecule has 0 unspecified atom stereocenters. The van der Waals surface area contributed by atoms with Gasteiger partial charge in [-0.2, -0.15) is 0 Å². The molecular weight excluding hydrogens is 284 g/mol. The lowest BCUT2D eigenvalue weighted by Crippen LogP contribution is -2.28. The molecule has 21 heavy (non-hydrogen) atoms. The smallest absolute Gasteiger partial charge is 0.254 e. The SMILES string of the molecule is C[C@@H](OCC1CC1)C(=O)Nc1nc2c(s1)CCCCCC2. The Kier molecular flexibility index (Phi) is 4.91. The number of thiazole rings is 1. The van der Waals surface area contributed by atoms with Crippen LogP contribution >= 0.6 is 11.3 Å². The highest BCUT2D eigenvalue weighted by atomic mass is 32.1. The first-order chi connectivity index (χ1) is 10.2. The number of hydrogen-bond donors (Lipinski definition) is 1. The van der Waals surface area contributed by atoms with Gasteiger partial charge in [-0.1, -0.05) is 12.8 Å². The Morgan fingerprint density at radius 1 is 1.33 bits per heavy atom. The number of anilines is 1. The largest absolute Gasteiger partial charge is 0.368 e. The molecule has 1 amide bonds. The van der Waals surface area contributed by atoms with Gasteiger partial charge < -0.3 is 4.74 Å². The second kappa shape index (κ2) is 6.88. The number of nitrogens with one attached hydrogen (secondary N) is 1. The minimum Gasteiger partial charge on any atom is -0.368 e. The third-order valence-corrected chi connectivity index (χ3v) is 5.30. The average Bonchev–Trinajstić information content (AvgIpc) is 3.20. The number of rotatable bonds is 5. The quantitative estimate of drug-likeness (QED) is 0.905. The number of nitrogens with zero attached hydrogens (tertiary/aromatic N) is 1. The van der Waals surface area contributed by atoms with E-state index in [9.17, 15) is 4.79 Å². The summed E-state index contributed by atoms with van der Waals surface area (Å²) in [5.41, 5.74) is 1.20. The van der Waals surface area contributed by atoms with E-state index in [1.165, 1.54) is 49.1 Å². The zero-order valence-corrected chi connectivity index (χ0v) is 13.5. The second-order valence-corrected chi connectivity index (χ2v) is 7.29. The van der Waals surface area contributed by atoms with Crippen LogP contribution in [0.3, 0.4) is 0 Å². The van der Waals surface area contributed by atoms with E-state index in [1.807, 2.05) is 6.92 Å². The molecule has 1 atom stereocenters. The van der Waals surface area contributed by atoms with E-state index in [2.05, 4.69) is 10.3 Å². The highest BCUT2D eigenvalue weighted by Crippen LogP contribution is 2.30. The number of ether oxygens (including phenoxy) is 1. The fraction of sp³-hybridized carbons (Fsp3) is 0.750. The highest BCUT2D eigenvalue weighted by Gasteiger charge is 2.24. The molecule has 5 heteroatoms. The summed E-state index contributed by atoms with van der Waals surface area (Å²) in [4.78, 5) is 18.1. The van der Waals surface area contributed by atoms with Gasteiger partial charge in [-0.15, -0.1) is 11.3 Å². The molecule has 0 aliphatic heterocycles. The van der Waals surface area contributed by atoms with Gasteiger partial charge in [0.25, 0.3) is 5.91 Å². The lowest BCUT2D eigenvalue weighted by molar-refractivity contribution is -0.126. The fourth-order valence-electron chi connectivity index (χ4n) is 2.61. The van der Waals surface area contributed by atoms with Crippen molar-refractivity contribution in [2.45, 2.75) is 64.4 Å². The molecule has 1 saturated carbocycles. The number of aryl methyl sites for hydroxylation is 2. The van der Waals surface area contributed by atoms with Crippen LogP contribution in [0.1, 0.15) is 56.0 Å². The van der Waals surface area contributed by atoms with E-state index < -0.39 is 6.10 Å². The predicted octanol–water partition coefficient (Wildman–Crippen LogP) is 3.56. The maximum Gasteiger partial charge on any atom is 0.254 e. The van der Waals surface area contributed by atoms with Crippen molar-refractivity contribution in [2.24, 2.45) is 5.92 Å². The van der Waals surface area contributed by atoms with Crippen molar-refractivity contribution in [3.63, 3.8) is 0 Å². The topological polar surface area (TPSA) is 51.2 Å². The molecule has 0 saturated heterocycles. The van der Waals surface area contributed by atoms with Crippen molar-refractivity contribution >= 4 is 22.4 Å². The zero-order valence-electron chi connectivity index (χ0n) is 12.7. The molecule has 4 nitrogen and oxygen atoms in total. The van der Waals surface area contributed by atoms with Crippen molar-refractivity contribution in [1.29, 1.82) is 0 Å². The van der Waals surface area contributed by atoms with Gasteiger partial charge in [0.15, 0.2) is 5.13 Å². The van der Waals surface area contributed by atoms with Gasteiger partial charge in [0.1, 0.15) is 6.10 Å². The van der Waals surface area contributed by atoms with Crippen LogP contribution in [-0.2, 0) is 22.4 Å². The summed E-state index contributed by atoms with van der Waals surface area (Å²) in [6.07, 6.45) is 9.31. The van der Waals surface area contributed by atoms with Crippen LogP contribution in [0.15, 0.2) is 0 Å². The Hall–Kier alpha value is -0.940. The van der Waals surface area contributed by atoms with Gasteiger partial charge in [0.2, 0.25) is 0 Å². The van der Waals surface area contributed by atoms with Crippen LogP contribution in [0.4, 0.5) is 5.13 Å². The van der Waals surface area contributed by atoms with Crippen molar-refractivity contribution in [3.8, 4) is 0 Å². The van der Waals surface area contributed by atoms with Gasteiger partial charge >= 0.3 is 0 Å². The summed E-state index contributed by atoms with van der Waals surface area (Å²) >= 11 is 1.64. The standard InChI is InChI=1S/C16H24N2O2S/c1-11(20-10-12-8-9-12)15(19)18-16-17-13-6-4-2-3-5-7-14(13)21-16/h11-12H,2-10H2,1H3,(H,17,18,19)/t11-/m1/s1. The molecule has 3 rings (SSSR count). The van der Waals surface area contributed by atoms with Gasteiger partial charge in [-0.25, -0.2) is 4.98 Å². The Bertz CT molecular complexity index is 471. The molecule has 1 heterocycles. The molecule has 1 aromatic rings. The first kappa shape index (κ1) is 15.0. The monoisotopic (exact) mass is 308 g/mol. The summed E-state index contributed by atoms with van der Waals surface area (Å²) in [6, 6.07) is 0. The van der Waals surface area contributed by atoms with Crippen molar-refractivity contribution in [3.05, 3.63) is 10.6 Å². The minimum absolute atomic E-state index is 0.0719. The lowest BCUT2D eigenvalue weighted by Gasteiger charge is -2.11. The molecular formula is C16H24N2O2S. The average molecular weight is 308 g/mol. The van der Waals surface area contributed by atoms with Crippen LogP contribution < -0.4 is 5.32 Å². The number of carbonyl (C=O) groups excluding carboxylic acids is 1. The molecule has 1 aromatic heterocycles. The molecule has 0 aromatic carbocycles. The second-order valence-electron chi connectivity index (χ2n) is 6.21. The number of amides is 1. The number of hydrogen-bond acceptors (Lipinski definition) is 4. The van der Waals surface area contributed by atoms with Crippen LogP contribution in [-0.4, -0.2) is 23.6 Å². The molecule has 2 aliphatic rings. The summed E-state index contributed by atoms with van der Waals surface area (Å²) in [5.74, 6) is 0.609. The van der Waals surface area contributed by atoms with Crippen LogP contribution in [0, 0.1) is 5.92 Å². The van der Waals surface area contributed by atoms with Crippen molar-refractivity contribution in [1.82, 2.24) is 4.98 Å². The van der Waals surface area contributed by atoms with E-state index in [0.29, 0.717) is 12.5 Å². The summed E-state index contributed by atoms with van der Waals surface area (Å²) in [7, 11) is 0. The van der Waals surface area contributed by atoms with Crippen LogP contribution in [0.5, 0.6) is 0 Å². The summed E-state index contributed by atoms with van der Waals surface area (Å²) in [5, 5.41) is 3.67. The Balaban J connectivity index is 1.55.